The van der Waals surface area contributed by atoms with Crippen LogP contribution in [0.2, 0.25) is 0 Å². The summed E-state index contributed by atoms with van der Waals surface area (Å²) in [7, 11) is 1.67. The van der Waals surface area contributed by atoms with E-state index in [1.54, 1.807) is 18.8 Å². The quantitative estimate of drug-likeness (QED) is 0.131. The molecule has 4 aromatic rings. The molecule has 0 aliphatic carbocycles. The number of fused-ring (bicyclic) bond motifs is 3. The van der Waals surface area contributed by atoms with Crippen molar-refractivity contribution in [2.45, 2.75) is 106 Å². The lowest BCUT2D eigenvalue weighted by Gasteiger charge is -2.32. The van der Waals surface area contributed by atoms with Gasteiger partial charge in [-0.15, -0.1) is 0 Å². The van der Waals surface area contributed by atoms with E-state index in [-0.39, 0.29) is 29.7 Å². The molecular weight excluding hydrogens is 671 g/mol. The van der Waals surface area contributed by atoms with Gasteiger partial charge in [-0.1, -0.05) is 81.1 Å². The molecule has 0 spiro atoms. The van der Waals surface area contributed by atoms with Crippen LogP contribution in [-0.2, 0) is 39.3 Å². The number of H-pyrrole nitrogens is 1. The van der Waals surface area contributed by atoms with Gasteiger partial charge in [-0.3, -0.25) is 14.4 Å². The average molecular weight is 726 g/mol. The lowest BCUT2D eigenvalue weighted by molar-refractivity contribution is -0.142. The van der Waals surface area contributed by atoms with Gasteiger partial charge in [0.2, 0.25) is 17.7 Å². The van der Waals surface area contributed by atoms with Gasteiger partial charge in [0.25, 0.3) is 0 Å². The number of para-hydroxylation sites is 1. The van der Waals surface area contributed by atoms with Crippen LogP contribution in [0, 0.1) is 0 Å². The number of amides is 3. The van der Waals surface area contributed by atoms with E-state index in [2.05, 4.69) is 72.0 Å². The Morgan fingerprint density at radius 2 is 1.52 bits per heavy atom. The molecule has 278 valence electrons. The minimum atomic E-state index is -0.843. The van der Waals surface area contributed by atoms with Gasteiger partial charge in [0, 0.05) is 53.4 Å². The number of benzene rings is 3. The molecule has 1 aliphatic rings. The topological polar surface area (TPSA) is 158 Å². The minimum Gasteiger partial charge on any atom is -0.361 e. The summed E-state index contributed by atoms with van der Waals surface area (Å²) >= 11 is 1.65. The third-order valence-corrected chi connectivity index (χ3v) is 11.1. The van der Waals surface area contributed by atoms with Crippen molar-refractivity contribution in [2.75, 3.05) is 20.1 Å². The number of hydrogen-bond acceptors (Lipinski definition) is 7. The van der Waals surface area contributed by atoms with E-state index in [0.717, 1.165) is 42.9 Å². The standard InChI is InChI=1S/C41H55N7O3S/c1-41(2,3)30-18-19-37-29(22-30)26-46-39(50)35(23-28-25-44-32-14-7-6-13-31(28)32)48(4)40(51)34(15-9-10-20-42)47-38(49)33(16-11-21-43)45-24-27-12-5-8-17-36(27)52-37/h5-8,12-14,17-19,22,25,33-35,44-45H,9-11,15-16,20-21,23-24,26,42-43H2,1-4H3,(H,46,50)(H,47,49)/t33-,34?,35+/m1/s1. The zero-order valence-corrected chi connectivity index (χ0v) is 31.8. The minimum absolute atomic E-state index is 0.0967. The van der Waals surface area contributed by atoms with E-state index in [9.17, 15) is 14.4 Å². The maximum Gasteiger partial charge on any atom is 0.245 e. The second-order valence-corrected chi connectivity index (χ2v) is 15.8. The van der Waals surface area contributed by atoms with Crippen molar-refractivity contribution in [1.29, 1.82) is 0 Å². The first-order chi connectivity index (χ1) is 25.0. The molecule has 0 saturated heterocycles. The summed E-state index contributed by atoms with van der Waals surface area (Å²) in [5, 5.41) is 10.8. The Balaban J connectivity index is 1.58. The number of nitrogens with one attached hydrogen (secondary N) is 4. The Hall–Kier alpha value is -4.16. The summed E-state index contributed by atoms with van der Waals surface area (Å²) in [4.78, 5) is 49.8. The molecule has 3 aromatic carbocycles. The molecule has 3 amide bonds. The molecule has 1 aliphatic heterocycles. The van der Waals surface area contributed by atoms with Crippen molar-refractivity contribution in [3.05, 3.63) is 95.2 Å². The summed E-state index contributed by atoms with van der Waals surface area (Å²) in [6.07, 6.45) is 5.12. The molecule has 0 radical (unpaired) electrons. The fraction of sp³-hybridized carbons (Fsp3) is 0.439. The third kappa shape index (κ3) is 9.83. The molecule has 2 heterocycles. The van der Waals surface area contributed by atoms with Crippen LogP contribution in [0.4, 0.5) is 0 Å². The Kier molecular flexibility index (Phi) is 13.6. The lowest BCUT2D eigenvalue weighted by Crippen LogP contribution is -2.57. The number of nitrogens with two attached hydrogens (primary N) is 2. The first-order valence-corrected chi connectivity index (χ1v) is 19.2. The SMILES string of the molecule is CN1C(=O)C(CCCCN)NC(=O)[C@@H](CCCN)NCc2ccccc2Sc2ccc(C(C)(C)C)cc2CNC(=O)[C@@H]1Cc1c[nH]c2ccccc12. The van der Waals surface area contributed by atoms with E-state index < -0.39 is 18.1 Å². The number of carbonyl (C=O) groups is 3. The van der Waals surface area contributed by atoms with Gasteiger partial charge >= 0.3 is 0 Å². The van der Waals surface area contributed by atoms with Crippen molar-refractivity contribution in [1.82, 2.24) is 25.8 Å². The van der Waals surface area contributed by atoms with Crippen molar-refractivity contribution in [2.24, 2.45) is 11.5 Å². The number of carbonyl (C=O) groups excluding carboxylic acids is 3. The Morgan fingerprint density at radius 3 is 2.29 bits per heavy atom. The van der Waals surface area contributed by atoms with E-state index >= 15 is 0 Å². The van der Waals surface area contributed by atoms with Crippen LogP contribution in [0.25, 0.3) is 10.9 Å². The van der Waals surface area contributed by atoms with Crippen molar-refractivity contribution < 1.29 is 14.4 Å². The molecule has 52 heavy (non-hydrogen) atoms. The first-order valence-electron chi connectivity index (χ1n) is 18.4. The van der Waals surface area contributed by atoms with Crippen LogP contribution in [-0.4, -0.2) is 65.9 Å². The maximum absolute atomic E-state index is 14.5. The summed E-state index contributed by atoms with van der Waals surface area (Å²) in [6.45, 7) is 8.20. The van der Waals surface area contributed by atoms with E-state index in [4.69, 9.17) is 11.5 Å². The fourth-order valence-electron chi connectivity index (χ4n) is 6.67. The molecule has 8 N–H and O–H groups in total. The largest absolute Gasteiger partial charge is 0.361 e. The first kappa shape index (κ1) is 39.1. The summed E-state index contributed by atoms with van der Waals surface area (Å²) < 4.78 is 0. The summed E-state index contributed by atoms with van der Waals surface area (Å²) in [6, 6.07) is 20.3. The van der Waals surface area contributed by atoms with Crippen LogP contribution >= 0.6 is 11.8 Å². The van der Waals surface area contributed by atoms with Gasteiger partial charge in [0.15, 0.2) is 0 Å². The molecule has 0 fully saturated rings. The van der Waals surface area contributed by atoms with Crippen molar-refractivity contribution in [3.63, 3.8) is 0 Å². The van der Waals surface area contributed by atoms with E-state index in [0.29, 0.717) is 58.2 Å². The monoisotopic (exact) mass is 725 g/mol. The average Bonchev–Trinajstić information content (AvgIpc) is 3.54. The van der Waals surface area contributed by atoms with Crippen LogP contribution < -0.4 is 27.4 Å². The number of aromatic nitrogens is 1. The van der Waals surface area contributed by atoms with Gasteiger partial charge in [0.1, 0.15) is 12.1 Å². The number of hydrogen-bond donors (Lipinski definition) is 6. The highest BCUT2D eigenvalue weighted by atomic mass is 32.2. The predicted molar refractivity (Wildman–Crippen MR) is 210 cm³/mol. The lowest BCUT2D eigenvalue weighted by atomic mass is 9.86. The molecule has 1 unspecified atom stereocenters. The molecule has 0 saturated carbocycles. The van der Waals surface area contributed by atoms with Crippen molar-refractivity contribution in [3.8, 4) is 0 Å². The molecule has 10 nitrogen and oxygen atoms in total. The number of likely N-dealkylation sites (N-methyl/N-ethyl adjacent to an activating group) is 1. The normalized spacial score (nSPS) is 19.5. The van der Waals surface area contributed by atoms with Gasteiger partial charge in [0.05, 0.1) is 6.04 Å². The van der Waals surface area contributed by atoms with Gasteiger partial charge in [-0.2, -0.15) is 0 Å². The Bertz CT molecular complexity index is 1830. The fourth-order valence-corrected chi connectivity index (χ4v) is 7.72. The second-order valence-electron chi connectivity index (χ2n) is 14.7. The van der Waals surface area contributed by atoms with Crippen LogP contribution in [0.1, 0.15) is 75.1 Å². The summed E-state index contributed by atoms with van der Waals surface area (Å²) in [5.74, 6) is -0.846. The Labute approximate surface area is 312 Å². The molecule has 11 heteroatoms. The maximum atomic E-state index is 14.5. The van der Waals surface area contributed by atoms with Crippen LogP contribution in [0.15, 0.2) is 82.7 Å². The Morgan fingerprint density at radius 1 is 0.808 bits per heavy atom. The number of nitrogens with zero attached hydrogens (tertiary/aromatic N) is 1. The smallest absolute Gasteiger partial charge is 0.245 e. The number of aromatic amines is 1. The van der Waals surface area contributed by atoms with Gasteiger partial charge in [-0.25, -0.2) is 0 Å². The van der Waals surface area contributed by atoms with E-state index in [1.165, 1.54) is 4.90 Å². The predicted octanol–water partition coefficient (Wildman–Crippen LogP) is 5.13. The molecule has 0 bridgehead atoms. The number of rotatable bonds is 9. The molecular formula is C41H55N7O3S. The highest BCUT2D eigenvalue weighted by molar-refractivity contribution is 7.99. The zero-order chi connectivity index (χ0) is 37.3. The highest BCUT2D eigenvalue weighted by Crippen LogP contribution is 2.36. The van der Waals surface area contributed by atoms with E-state index in [1.807, 2.05) is 42.6 Å². The number of unbranched alkanes of at least 4 members (excludes halogenated alkanes) is 1. The molecule has 5 rings (SSSR count). The third-order valence-electron chi connectivity index (χ3n) is 9.89. The second kappa shape index (κ2) is 18.1. The zero-order valence-electron chi connectivity index (χ0n) is 31.0. The van der Waals surface area contributed by atoms with Gasteiger partial charge < -0.3 is 37.3 Å². The highest BCUT2D eigenvalue weighted by Gasteiger charge is 2.34. The van der Waals surface area contributed by atoms with Crippen LogP contribution in [0.3, 0.4) is 0 Å². The molecule has 3 atom stereocenters. The van der Waals surface area contributed by atoms with Crippen LogP contribution in [0.5, 0.6) is 0 Å². The molecule has 1 aromatic heterocycles. The summed E-state index contributed by atoms with van der Waals surface area (Å²) in [5.41, 5.74) is 16.7. The van der Waals surface area contributed by atoms with Gasteiger partial charge in [-0.05, 0) is 91.1 Å². The van der Waals surface area contributed by atoms with Crippen molar-refractivity contribution >= 4 is 40.4 Å².